The van der Waals surface area contributed by atoms with Gasteiger partial charge in [0.15, 0.2) is 0 Å². The zero-order chi connectivity index (χ0) is 15.5. The van der Waals surface area contributed by atoms with Crippen molar-refractivity contribution < 1.29 is 16.8 Å². The minimum atomic E-state index is -3.73. The summed E-state index contributed by atoms with van der Waals surface area (Å²) in [6, 6.07) is 11.1. The fourth-order valence-corrected chi connectivity index (χ4v) is 4.79. The van der Waals surface area contributed by atoms with Crippen LogP contribution in [0.5, 0.6) is 0 Å². The Bertz CT molecular complexity index is 813. The number of sulfonamides is 1. The van der Waals surface area contributed by atoms with Crippen molar-refractivity contribution in [3.05, 3.63) is 47.3 Å². The topological polar surface area (TPSA) is 80.3 Å². The van der Waals surface area contributed by atoms with E-state index in [0.29, 0.717) is 6.42 Å². The SMILES string of the molecule is O=S(=O)(Cl)c1ccc(CCNS(=O)(=O)c2ccccc2)s1. The van der Waals surface area contributed by atoms with Crippen LogP contribution < -0.4 is 4.72 Å². The van der Waals surface area contributed by atoms with Gasteiger partial charge in [-0.1, -0.05) is 18.2 Å². The molecule has 0 radical (unpaired) electrons. The third-order valence-corrected chi connectivity index (χ3v) is 7.31. The molecule has 0 saturated heterocycles. The van der Waals surface area contributed by atoms with Gasteiger partial charge in [-0.25, -0.2) is 21.6 Å². The van der Waals surface area contributed by atoms with E-state index in [1.807, 2.05) is 0 Å². The lowest BCUT2D eigenvalue weighted by atomic mass is 10.3. The first-order valence-corrected chi connectivity index (χ1v) is 10.5. The molecule has 0 amide bonds. The monoisotopic (exact) mass is 365 g/mol. The summed E-state index contributed by atoms with van der Waals surface area (Å²) in [5.41, 5.74) is 0. The molecule has 0 bridgehead atoms. The van der Waals surface area contributed by atoms with Gasteiger partial charge in [0.05, 0.1) is 4.90 Å². The van der Waals surface area contributed by atoms with Crippen LogP contribution in [0, 0.1) is 0 Å². The summed E-state index contributed by atoms with van der Waals surface area (Å²) in [6.07, 6.45) is 0.392. The van der Waals surface area contributed by atoms with Crippen LogP contribution in [0.25, 0.3) is 0 Å². The third-order valence-electron chi connectivity index (χ3n) is 2.59. The maximum atomic E-state index is 12.0. The van der Waals surface area contributed by atoms with Crippen LogP contribution in [0.15, 0.2) is 51.6 Å². The van der Waals surface area contributed by atoms with Crippen molar-refractivity contribution in [3.63, 3.8) is 0 Å². The molecule has 5 nitrogen and oxygen atoms in total. The Balaban J connectivity index is 1.97. The third kappa shape index (κ3) is 4.52. The minimum Gasteiger partial charge on any atom is -0.211 e. The van der Waals surface area contributed by atoms with Crippen LogP contribution in [0.4, 0.5) is 0 Å². The highest BCUT2D eigenvalue weighted by atomic mass is 35.7. The summed E-state index contributed by atoms with van der Waals surface area (Å²) in [5.74, 6) is 0. The number of thiophene rings is 1. The van der Waals surface area contributed by atoms with Crippen LogP contribution in [0.3, 0.4) is 0 Å². The second-order valence-corrected chi connectivity index (χ2v) is 9.85. The molecule has 0 unspecified atom stereocenters. The van der Waals surface area contributed by atoms with E-state index in [0.717, 1.165) is 16.2 Å². The Morgan fingerprint density at radius 2 is 1.67 bits per heavy atom. The Morgan fingerprint density at radius 1 is 1.00 bits per heavy atom. The van der Waals surface area contributed by atoms with Crippen LogP contribution in [0.1, 0.15) is 4.88 Å². The van der Waals surface area contributed by atoms with Crippen LogP contribution in [0.2, 0.25) is 0 Å². The van der Waals surface area contributed by atoms with E-state index in [-0.39, 0.29) is 15.6 Å². The lowest BCUT2D eigenvalue weighted by Crippen LogP contribution is -2.25. The van der Waals surface area contributed by atoms with Gasteiger partial charge in [-0.2, -0.15) is 0 Å². The summed E-state index contributed by atoms with van der Waals surface area (Å²) in [6.45, 7) is 0.180. The lowest BCUT2D eigenvalue weighted by Gasteiger charge is -2.05. The summed E-state index contributed by atoms with van der Waals surface area (Å²) in [5, 5.41) is 0. The van der Waals surface area contributed by atoms with E-state index in [2.05, 4.69) is 4.72 Å². The van der Waals surface area contributed by atoms with Gasteiger partial charge in [0.1, 0.15) is 4.21 Å². The highest BCUT2D eigenvalue weighted by molar-refractivity contribution is 8.15. The largest absolute Gasteiger partial charge is 0.270 e. The number of hydrogen-bond acceptors (Lipinski definition) is 5. The van der Waals surface area contributed by atoms with Gasteiger partial charge in [-0.15, -0.1) is 11.3 Å². The van der Waals surface area contributed by atoms with Crippen LogP contribution in [-0.4, -0.2) is 23.4 Å². The van der Waals surface area contributed by atoms with Crippen molar-refractivity contribution in [2.45, 2.75) is 15.5 Å². The number of hydrogen-bond donors (Lipinski definition) is 1. The molecule has 2 rings (SSSR count). The summed E-state index contributed by atoms with van der Waals surface area (Å²) in [4.78, 5) is 0.935. The normalized spacial score (nSPS) is 12.4. The summed E-state index contributed by atoms with van der Waals surface area (Å²) < 4.78 is 48.7. The van der Waals surface area contributed by atoms with E-state index < -0.39 is 19.1 Å². The van der Waals surface area contributed by atoms with Crippen molar-refractivity contribution in [1.82, 2.24) is 4.72 Å². The maximum Gasteiger partial charge on any atom is 0.270 e. The van der Waals surface area contributed by atoms with Gasteiger partial charge >= 0.3 is 0 Å². The molecule has 1 aromatic carbocycles. The Labute approximate surface area is 132 Å². The molecular formula is C12H12ClNO4S3. The molecule has 1 N–H and O–H groups in total. The minimum absolute atomic E-state index is 0.0603. The number of benzene rings is 1. The molecule has 114 valence electrons. The maximum absolute atomic E-state index is 12.0. The first kappa shape index (κ1) is 16.4. The highest BCUT2D eigenvalue weighted by Crippen LogP contribution is 2.24. The van der Waals surface area contributed by atoms with Crippen molar-refractivity contribution in [3.8, 4) is 0 Å². The molecule has 9 heteroatoms. The molecule has 1 aromatic heterocycles. The van der Waals surface area contributed by atoms with E-state index in [4.69, 9.17) is 10.7 Å². The molecule has 0 fully saturated rings. The second kappa shape index (κ2) is 6.45. The predicted molar refractivity (Wildman–Crippen MR) is 82.7 cm³/mol. The first-order valence-electron chi connectivity index (χ1n) is 5.87. The molecule has 0 saturated carbocycles. The average Bonchev–Trinajstić information content (AvgIpc) is 2.88. The van der Waals surface area contributed by atoms with Crippen molar-refractivity contribution in [1.29, 1.82) is 0 Å². The molecule has 0 aliphatic carbocycles. The molecule has 0 spiro atoms. The first-order chi connectivity index (χ1) is 9.79. The fraction of sp³-hybridized carbons (Fsp3) is 0.167. The number of rotatable bonds is 6. The quantitative estimate of drug-likeness (QED) is 0.796. The predicted octanol–water partition coefficient (Wildman–Crippen LogP) is 2.20. The van der Waals surface area contributed by atoms with Crippen molar-refractivity contribution in [2.24, 2.45) is 0 Å². The molecule has 2 aromatic rings. The molecule has 1 heterocycles. The van der Waals surface area contributed by atoms with Crippen molar-refractivity contribution in [2.75, 3.05) is 6.54 Å². The smallest absolute Gasteiger partial charge is 0.211 e. The fourth-order valence-electron chi connectivity index (χ4n) is 1.62. The van der Waals surface area contributed by atoms with Gasteiger partial charge in [0.2, 0.25) is 10.0 Å². The summed E-state index contributed by atoms with van der Waals surface area (Å²) in [7, 11) is -2.04. The van der Waals surface area contributed by atoms with Gasteiger partial charge in [0.25, 0.3) is 9.05 Å². The van der Waals surface area contributed by atoms with E-state index >= 15 is 0 Å². The zero-order valence-electron chi connectivity index (χ0n) is 10.7. The average molecular weight is 366 g/mol. The van der Waals surface area contributed by atoms with E-state index in [1.54, 1.807) is 24.3 Å². The molecular weight excluding hydrogens is 354 g/mol. The van der Waals surface area contributed by atoms with Crippen LogP contribution in [-0.2, 0) is 25.5 Å². The number of halogens is 1. The van der Waals surface area contributed by atoms with E-state index in [1.165, 1.54) is 18.2 Å². The molecule has 21 heavy (non-hydrogen) atoms. The lowest BCUT2D eigenvalue weighted by molar-refractivity contribution is 0.581. The van der Waals surface area contributed by atoms with Gasteiger partial charge in [0, 0.05) is 22.1 Å². The zero-order valence-corrected chi connectivity index (χ0v) is 13.9. The van der Waals surface area contributed by atoms with Crippen LogP contribution >= 0.6 is 22.0 Å². The Morgan fingerprint density at radius 3 is 2.24 bits per heavy atom. The molecule has 0 atom stereocenters. The number of nitrogens with one attached hydrogen (secondary N) is 1. The standard InChI is InChI=1S/C12H12ClNO4S3/c13-20(15,16)12-7-6-10(19-12)8-9-14-21(17,18)11-4-2-1-3-5-11/h1-7,14H,8-9H2. The van der Waals surface area contributed by atoms with Gasteiger partial charge in [-0.3, -0.25) is 0 Å². The van der Waals surface area contributed by atoms with E-state index in [9.17, 15) is 16.8 Å². The highest BCUT2D eigenvalue weighted by Gasteiger charge is 2.15. The van der Waals surface area contributed by atoms with Gasteiger partial charge in [-0.05, 0) is 30.7 Å². The molecule has 0 aliphatic rings. The van der Waals surface area contributed by atoms with Crippen molar-refractivity contribution >= 4 is 41.1 Å². The molecule has 0 aliphatic heterocycles. The van der Waals surface area contributed by atoms with Gasteiger partial charge < -0.3 is 0 Å². The summed E-state index contributed by atoms with van der Waals surface area (Å²) >= 11 is 1.03. The Hall–Kier alpha value is -0.930. The second-order valence-electron chi connectivity index (χ2n) is 4.12. The Kier molecular flexibility index (Phi) is 5.05.